The second-order valence-electron chi connectivity index (χ2n) is 4.96. The number of H-pyrrole nitrogens is 1. The number of hydrogen-bond acceptors (Lipinski definition) is 3. The Morgan fingerprint density at radius 3 is 2.70 bits per heavy atom. The third-order valence-corrected chi connectivity index (χ3v) is 3.59. The lowest BCUT2D eigenvalue weighted by Gasteiger charge is -2.09. The Bertz CT molecular complexity index is 996. The second-order valence-corrected chi connectivity index (χ2v) is 5.34. The highest BCUT2D eigenvalue weighted by Crippen LogP contribution is 2.09. The van der Waals surface area contributed by atoms with Crippen molar-refractivity contribution >= 4 is 29.0 Å². The van der Waals surface area contributed by atoms with Gasteiger partial charge >= 0.3 is 0 Å². The Morgan fingerprint density at radius 2 is 1.96 bits per heavy atom. The molecule has 5 nitrogen and oxygen atoms in total. The molecule has 0 spiro atoms. The molecule has 2 N–H and O–H groups in total. The van der Waals surface area contributed by atoms with Gasteiger partial charge in [0, 0.05) is 0 Å². The van der Waals surface area contributed by atoms with Gasteiger partial charge in [-0.05, 0) is 36.0 Å². The number of carbonyl (C=O) groups excluding carboxylic acids is 1. The minimum Gasteiger partial charge on any atom is -0.330 e. The fourth-order valence-corrected chi connectivity index (χ4v) is 2.48. The van der Waals surface area contributed by atoms with Crippen LogP contribution in [0.1, 0.15) is 5.56 Å². The number of nitrogens with one attached hydrogen (secondary N) is 2. The van der Waals surface area contributed by atoms with Gasteiger partial charge in [-0.1, -0.05) is 30.3 Å². The summed E-state index contributed by atoms with van der Waals surface area (Å²) in [7, 11) is 0. The van der Waals surface area contributed by atoms with E-state index in [0.717, 1.165) is 10.2 Å². The van der Waals surface area contributed by atoms with Crippen molar-refractivity contribution in [1.29, 1.82) is 0 Å². The number of hydrogen-bond donors (Lipinski definition) is 2. The van der Waals surface area contributed by atoms with E-state index in [1.54, 1.807) is 0 Å². The maximum Gasteiger partial charge on any atom is 0.281 e. The first-order valence-electron chi connectivity index (χ1n) is 6.83. The van der Waals surface area contributed by atoms with Gasteiger partial charge in [-0.3, -0.25) is 15.0 Å². The van der Waals surface area contributed by atoms with Crippen LogP contribution in [0.2, 0.25) is 0 Å². The lowest BCUT2D eigenvalue weighted by atomic mass is 10.1. The average molecular weight is 329 g/mol. The molecule has 23 heavy (non-hydrogen) atoms. The molecule has 2 aromatic carbocycles. The Labute approximate surface area is 135 Å². The summed E-state index contributed by atoms with van der Waals surface area (Å²) in [5, 5.41) is 0.236. The summed E-state index contributed by atoms with van der Waals surface area (Å²) in [5.41, 5.74) is 3.06. The molecule has 0 bridgehead atoms. The lowest BCUT2D eigenvalue weighted by molar-refractivity contribution is -0.116. The van der Waals surface area contributed by atoms with E-state index in [9.17, 15) is 14.0 Å². The molecule has 1 aromatic heterocycles. The number of fused-ring (bicyclic) bond motifs is 1. The summed E-state index contributed by atoms with van der Waals surface area (Å²) in [4.78, 5) is 27.2. The molecule has 0 radical (unpaired) electrons. The number of halogens is 1. The molecule has 0 saturated carbocycles. The molecule has 0 aliphatic heterocycles. The highest BCUT2D eigenvalue weighted by molar-refractivity contribution is 7.71. The van der Waals surface area contributed by atoms with Crippen LogP contribution in [0.3, 0.4) is 0 Å². The van der Waals surface area contributed by atoms with E-state index in [0.29, 0.717) is 0 Å². The molecule has 0 unspecified atom stereocenters. The first kappa shape index (κ1) is 15.1. The molecule has 7 heteroatoms. The van der Waals surface area contributed by atoms with Crippen molar-refractivity contribution in [3.8, 4) is 0 Å². The summed E-state index contributed by atoms with van der Waals surface area (Å²) in [5.74, 6) is -0.854. The van der Waals surface area contributed by atoms with Crippen LogP contribution in [-0.2, 0) is 11.2 Å². The van der Waals surface area contributed by atoms with Gasteiger partial charge in [0.2, 0.25) is 5.91 Å². The molecule has 1 amide bonds. The molecule has 0 atom stereocenters. The van der Waals surface area contributed by atoms with Crippen molar-refractivity contribution in [2.24, 2.45) is 0 Å². The van der Waals surface area contributed by atoms with E-state index in [1.165, 1.54) is 18.2 Å². The third kappa shape index (κ3) is 3.19. The van der Waals surface area contributed by atoms with Crippen LogP contribution in [0, 0.1) is 10.6 Å². The van der Waals surface area contributed by atoms with Crippen LogP contribution in [0.4, 0.5) is 4.39 Å². The first-order chi connectivity index (χ1) is 11.0. The SMILES string of the molecule is O=C(Cc1ccccc1)Nn1c(=S)[nH]c2cc(F)ccc2c1=O. The van der Waals surface area contributed by atoms with Crippen molar-refractivity contribution < 1.29 is 9.18 Å². The van der Waals surface area contributed by atoms with E-state index in [-0.39, 0.29) is 28.0 Å². The van der Waals surface area contributed by atoms with Crippen LogP contribution in [0.15, 0.2) is 53.3 Å². The van der Waals surface area contributed by atoms with Crippen LogP contribution in [0.25, 0.3) is 10.9 Å². The summed E-state index contributed by atoms with van der Waals surface area (Å²) in [6.07, 6.45) is 0.115. The molecular formula is C16H12FN3O2S. The highest BCUT2D eigenvalue weighted by atomic mass is 32.1. The van der Waals surface area contributed by atoms with Gasteiger partial charge in [-0.25, -0.2) is 4.39 Å². The fourth-order valence-electron chi connectivity index (χ4n) is 2.24. The van der Waals surface area contributed by atoms with Crippen molar-refractivity contribution in [2.45, 2.75) is 6.42 Å². The van der Waals surface area contributed by atoms with Gasteiger partial charge in [0.1, 0.15) is 5.82 Å². The molecule has 0 fully saturated rings. The van der Waals surface area contributed by atoms with Crippen LogP contribution in [-0.4, -0.2) is 15.6 Å². The number of benzene rings is 2. The summed E-state index contributed by atoms with van der Waals surface area (Å²) in [6, 6.07) is 12.8. The van der Waals surface area contributed by atoms with Crippen molar-refractivity contribution in [3.05, 3.63) is 75.0 Å². The summed E-state index contributed by atoms with van der Waals surface area (Å²) in [6.45, 7) is 0. The minimum atomic E-state index is -0.509. The number of rotatable bonds is 3. The minimum absolute atomic E-state index is 0.00508. The molecule has 0 aliphatic carbocycles. The Morgan fingerprint density at radius 1 is 1.22 bits per heavy atom. The number of aromatic amines is 1. The highest BCUT2D eigenvalue weighted by Gasteiger charge is 2.10. The molecule has 116 valence electrons. The molecule has 3 aromatic rings. The zero-order valence-corrected chi connectivity index (χ0v) is 12.7. The Hall–Kier alpha value is -2.80. The largest absolute Gasteiger partial charge is 0.330 e. The van der Waals surface area contributed by atoms with Crippen LogP contribution in [0.5, 0.6) is 0 Å². The smallest absolute Gasteiger partial charge is 0.281 e. The van der Waals surface area contributed by atoms with Crippen molar-refractivity contribution in [2.75, 3.05) is 5.43 Å². The van der Waals surface area contributed by atoms with Crippen molar-refractivity contribution in [1.82, 2.24) is 9.66 Å². The number of nitrogens with zero attached hydrogens (tertiary/aromatic N) is 1. The van der Waals surface area contributed by atoms with E-state index in [4.69, 9.17) is 12.2 Å². The predicted octanol–water partition coefficient (Wildman–Crippen LogP) is 2.51. The van der Waals surface area contributed by atoms with E-state index >= 15 is 0 Å². The maximum atomic E-state index is 13.2. The number of aromatic nitrogens is 2. The zero-order chi connectivity index (χ0) is 16.4. The normalized spacial score (nSPS) is 10.7. The lowest BCUT2D eigenvalue weighted by Crippen LogP contribution is -2.35. The molecule has 3 rings (SSSR count). The maximum absolute atomic E-state index is 13.2. The monoisotopic (exact) mass is 329 g/mol. The van der Waals surface area contributed by atoms with Crippen LogP contribution < -0.4 is 11.0 Å². The van der Waals surface area contributed by atoms with Gasteiger partial charge in [-0.2, -0.15) is 4.68 Å². The standard InChI is InChI=1S/C16H12FN3O2S/c17-11-6-7-12-13(9-11)18-16(23)20(15(12)22)19-14(21)8-10-4-2-1-3-5-10/h1-7,9H,8H2,(H,18,23)(H,19,21). The predicted molar refractivity (Wildman–Crippen MR) is 87.9 cm³/mol. The third-order valence-electron chi connectivity index (χ3n) is 3.30. The molecule has 1 heterocycles. The van der Waals surface area contributed by atoms with E-state index in [1.807, 2.05) is 30.3 Å². The van der Waals surface area contributed by atoms with Gasteiger partial charge in [0.25, 0.3) is 5.56 Å². The molecule has 0 aliphatic rings. The molecular weight excluding hydrogens is 317 g/mol. The van der Waals surface area contributed by atoms with Gasteiger partial charge in [-0.15, -0.1) is 0 Å². The summed E-state index contributed by atoms with van der Waals surface area (Å²) >= 11 is 5.06. The van der Waals surface area contributed by atoms with Gasteiger partial charge < -0.3 is 4.98 Å². The van der Waals surface area contributed by atoms with Gasteiger partial charge in [0.05, 0.1) is 17.3 Å². The van der Waals surface area contributed by atoms with E-state index < -0.39 is 11.4 Å². The molecule has 0 saturated heterocycles. The van der Waals surface area contributed by atoms with Crippen LogP contribution >= 0.6 is 12.2 Å². The summed E-state index contributed by atoms with van der Waals surface area (Å²) < 4.78 is 14.2. The Balaban J connectivity index is 1.94. The van der Waals surface area contributed by atoms with E-state index in [2.05, 4.69) is 10.4 Å². The first-order valence-corrected chi connectivity index (χ1v) is 7.24. The quantitative estimate of drug-likeness (QED) is 0.726. The topological polar surface area (TPSA) is 66.9 Å². The zero-order valence-electron chi connectivity index (χ0n) is 11.9. The van der Waals surface area contributed by atoms with Gasteiger partial charge in [0.15, 0.2) is 4.77 Å². The average Bonchev–Trinajstić information content (AvgIpc) is 2.52. The van der Waals surface area contributed by atoms with Crippen molar-refractivity contribution in [3.63, 3.8) is 0 Å². The Kier molecular flexibility index (Phi) is 4.03. The second kappa shape index (κ2) is 6.13. The number of carbonyl (C=O) groups is 1. The fraction of sp³-hybridized carbons (Fsp3) is 0.0625. The number of amides is 1.